The fourth-order valence-electron chi connectivity index (χ4n) is 18.4. The molecule has 564 valence electrons. The van der Waals surface area contributed by atoms with Crippen LogP contribution in [0.15, 0.2) is 370 Å². The maximum absolute atomic E-state index is 2.63. The van der Waals surface area contributed by atoms with E-state index in [4.69, 9.17) is 0 Å². The van der Waals surface area contributed by atoms with E-state index in [0.29, 0.717) is 0 Å². The van der Waals surface area contributed by atoms with Gasteiger partial charge in [-0.2, -0.15) is 0 Å². The fourth-order valence-corrected chi connectivity index (χ4v) is 18.4. The first-order valence-electron chi connectivity index (χ1n) is 41.8. The third-order valence-electron chi connectivity index (χ3n) is 24.8. The summed E-state index contributed by atoms with van der Waals surface area (Å²) in [6, 6.07) is 139. The minimum absolute atomic E-state index is 0.164. The van der Waals surface area contributed by atoms with Crippen molar-refractivity contribution >= 4 is 100 Å². The molecule has 0 aliphatic heterocycles. The second-order valence-electron chi connectivity index (χ2n) is 33.1. The molecular formula is C112H96N4. The Morgan fingerprint density at radius 1 is 0.267 bits per heavy atom. The minimum Gasteiger partial charge on any atom is -0.313 e. The maximum atomic E-state index is 2.63. The van der Waals surface area contributed by atoms with Crippen molar-refractivity contribution in [3.63, 3.8) is 0 Å². The average molecular weight is 1500 g/mol. The van der Waals surface area contributed by atoms with Gasteiger partial charge in [-0.25, -0.2) is 0 Å². The second-order valence-corrected chi connectivity index (χ2v) is 33.1. The van der Waals surface area contributed by atoms with Gasteiger partial charge in [0.25, 0.3) is 0 Å². The van der Waals surface area contributed by atoms with Crippen LogP contribution in [0, 0.1) is 0 Å². The summed E-state index contributed by atoms with van der Waals surface area (Å²) in [5, 5.41) is 8.34. The Balaban J connectivity index is 0.893. The summed E-state index contributed by atoms with van der Waals surface area (Å²) in [5.41, 5.74) is 31.7. The Morgan fingerprint density at radius 2 is 0.612 bits per heavy atom. The van der Waals surface area contributed by atoms with Crippen molar-refractivity contribution in [1.29, 1.82) is 0 Å². The fraction of sp³-hybridized carbons (Fsp3) is 0.143. The molecular weight excluding hydrogens is 1400 g/mol. The van der Waals surface area contributed by atoms with Crippen LogP contribution in [0.2, 0.25) is 0 Å². The maximum Gasteiger partial charge on any atom is 0.0620 e. The van der Waals surface area contributed by atoms with Crippen LogP contribution in [0.5, 0.6) is 0 Å². The lowest BCUT2D eigenvalue weighted by atomic mass is 9.78. The number of unbranched alkanes of at least 4 members (excludes halogenated alkanes) is 2. The molecule has 2 heterocycles. The standard InChI is InChI=1S/C112H96N4/c1-7-9-67-111(3,4)89-55-61-97-103(73-89)109(113(91-57-47-83(48-58-91)77-31-17-11-18-32-77)93-43-29-45-95(75-93)115-105-63-51-85(79-35-21-13-22-36-79)69-99(105)100-70-86(52-64-106(100)115)80-37-23-14-24-38-80)98-62-56-90(112(5,6)68-10-8-2)74-104(98)110(97)114(92-59-49-84(50-60-92)78-33-19-12-20-34-78)94-44-30-46-96(76-94)116-107-65-53-87(81-39-25-15-26-40-81)71-101(107)102-72-88(54-66-108(102)116)82-41-27-16-28-42-82/h11-53,55-65,69-76H,7-10,54,66-68H2,1-6H3. The largest absolute Gasteiger partial charge is 0.313 e. The quantitative estimate of drug-likeness (QED) is 0.0497. The van der Waals surface area contributed by atoms with Crippen LogP contribution >= 0.6 is 0 Å². The lowest BCUT2D eigenvalue weighted by molar-refractivity contribution is 0.458. The Hall–Kier alpha value is -13.3. The van der Waals surface area contributed by atoms with Crippen LogP contribution in [-0.4, -0.2) is 9.13 Å². The van der Waals surface area contributed by atoms with Crippen molar-refractivity contribution in [2.45, 2.75) is 104 Å². The first-order valence-corrected chi connectivity index (χ1v) is 41.8. The first kappa shape index (κ1) is 72.9. The number of fused-ring (bicyclic) bond motifs is 8. The van der Waals surface area contributed by atoms with Gasteiger partial charge in [0.1, 0.15) is 0 Å². The van der Waals surface area contributed by atoms with E-state index in [2.05, 4.69) is 437 Å². The second kappa shape index (κ2) is 30.9. The highest BCUT2D eigenvalue weighted by atomic mass is 15.2. The molecule has 4 heteroatoms. The van der Waals surface area contributed by atoms with E-state index < -0.39 is 0 Å². The highest BCUT2D eigenvalue weighted by Crippen LogP contribution is 2.55. The smallest absolute Gasteiger partial charge is 0.0620 e. The molecule has 0 atom stereocenters. The summed E-state index contributed by atoms with van der Waals surface area (Å²) in [6.45, 7) is 14.5. The summed E-state index contributed by atoms with van der Waals surface area (Å²) >= 11 is 0. The summed E-state index contributed by atoms with van der Waals surface area (Å²) < 4.78 is 5.10. The highest BCUT2D eigenvalue weighted by molar-refractivity contribution is 6.24. The Morgan fingerprint density at radius 3 is 1.01 bits per heavy atom. The Bertz CT molecular complexity index is 6570. The van der Waals surface area contributed by atoms with Crippen molar-refractivity contribution in [3.05, 3.63) is 398 Å². The zero-order valence-electron chi connectivity index (χ0n) is 67.2. The molecule has 0 saturated heterocycles. The number of aromatic nitrogens is 2. The van der Waals surface area contributed by atoms with Crippen LogP contribution in [0.1, 0.15) is 114 Å². The topological polar surface area (TPSA) is 16.3 Å². The van der Waals surface area contributed by atoms with E-state index in [0.717, 1.165) is 124 Å². The predicted octanol–water partition coefficient (Wildman–Crippen LogP) is 31.7. The molecule has 0 bridgehead atoms. The molecule has 0 N–H and O–H groups in total. The van der Waals surface area contributed by atoms with Crippen LogP contribution < -0.4 is 9.80 Å². The van der Waals surface area contributed by atoms with Gasteiger partial charge < -0.3 is 18.9 Å². The number of allylic oxidation sites excluding steroid dienone is 1. The molecule has 4 nitrogen and oxygen atoms in total. The number of hydrogen-bond donors (Lipinski definition) is 0. The number of anilines is 6. The van der Waals surface area contributed by atoms with Gasteiger partial charge in [0.05, 0.1) is 27.9 Å². The van der Waals surface area contributed by atoms with Gasteiger partial charge in [-0.3, -0.25) is 0 Å². The molecule has 116 heavy (non-hydrogen) atoms. The van der Waals surface area contributed by atoms with E-state index in [9.17, 15) is 0 Å². The molecule has 16 aromatic carbocycles. The molecule has 0 unspecified atom stereocenters. The number of hydrogen-bond acceptors (Lipinski definition) is 2. The van der Waals surface area contributed by atoms with E-state index in [-0.39, 0.29) is 10.8 Å². The highest BCUT2D eigenvalue weighted by Gasteiger charge is 2.32. The van der Waals surface area contributed by atoms with Gasteiger partial charge in [0.15, 0.2) is 0 Å². The first-order chi connectivity index (χ1) is 56.9. The molecule has 1 aliphatic rings. The van der Waals surface area contributed by atoms with Crippen molar-refractivity contribution in [2.24, 2.45) is 0 Å². The number of benzene rings is 16. The van der Waals surface area contributed by atoms with E-state index in [1.54, 1.807) is 0 Å². The lowest BCUT2D eigenvalue weighted by Crippen LogP contribution is -2.19. The van der Waals surface area contributed by atoms with E-state index >= 15 is 0 Å². The van der Waals surface area contributed by atoms with Gasteiger partial charge in [0, 0.05) is 83.1 Å². The molecule has 19 rings (SSSR count). The van der Waals surface area contributed by atoms with Gasteiger partial charge in [-0.05, 0) is 230 Å². The normalized spacial score (nSPS) is 12.4. The lowest BCUT2D eigenvalue weighted by Gasteiger charge is -2.35. The SMILES string of the molecule is CCCCC(C)(C)c1ccc2c(N(c3ccc(-c4ccccc4)cc3)c3cccc(-n4c5ccc(-c6ccccc6)cc5c5cc(-c6ccccc6)ccc54)c3)c3cc(C(C)(C)CCCC)ccc3c(N(c3ccc(-c4ccccc4)cc3)c3cccc(-n4c5c(c6cc(-c7ccccc7)ccc64)C=C(c4ccccc4)CC5)c3)c2c1. The molecule has 2 aromatic heterocycles. The van der Waals surface area contributed by atoms with E-state index in [1.807, 2.05) is 0 Å². The molecule has 0 spiro atoms. The zero-order chi connectivity index (χ0) is 78.4. The van der Waals surface area contributed by atoms with Gasteiger partial charge >= 0.3 is 0 Å². The van der Waals surface area contributed by atoms with Crippen LogP contribution in [-0.2, 0) is 17.3 Å². The average Bonchev–Trinajstić information content (AvgIpc) is 0.775. The molecule has 0 fully saturated rings. The summed E-state index contributed by atoms with van der Waals surface area (Å²) in [7, 11) is 0. The third kappa shape index (κ3) is 13.7. The number of nitrogens with zero attached hydrogens (tertiary/aromatic N) is 4. The van der Waals surface area contributed by atoms with Gasteiger partial charge in [-0.15, -0.1) is 0 Å². The summed E-state index contributed by atoms with van der Waals surface area (Å²) in [6.07, 6.45) is 10.9. The van der Waals surface area contributed by atoms with Gasteiger partial charge in [-0.1, -0.05) is 328 Å². The zero-order valence-corrected chi connectivity index (χ0v) is 67.2. The van der Waals surface area contributed by atoms with E-state index in [1.165, 1.54) is 116 Å². The Labute approximate surface area is 683 Å². The molecule has 1 aliphatic carbocycles. The molecule has 18 aromatic rings. The summed E-state index contributed by atoms with van der Waals surface area (Å²) in [5.74, 6) is 0. The Kier molecular flexibility index (Phi) is 19.4. The van der Waals surface area contributed by atoms with Crippen LogP contribution in [0.3, 0.4) is 0 Å². The van der Waals surface area contributed by atoms with Crippen LogP contribution in [0.4, 0.5) is 34.1 Å². The van der Waals surface area contributed by atoms with Crippen molar-refractivity contribution in [3.8, 4) is 67.0 Å². The van der Waals surface area contributed by atoms with Crippen molar-refractivity contribution < 1.29 is 0 Å². The number of rotatable bonds is 22. The molecule has 0 saturated carbocycles. The van der Waals surface area contributed by atoms with Crippen molar-refractivity contribution in [2.75, 3.05) is 9.80 Å². The third-order valence-corrected chi connectivity index (χ3v) is 24.8. The van der Waals surface area contributed by atoms with Crippen molar-refractivity contribution in [1.82, 2.24) is 9.13 Å². The van der Waals surface area contributed by atoms with Crippen LogP contribution in [0.25, 0.3) is 133 Å². The predicted molar refractivity (Wildman–Crippen MR) is 497 cm³/mol. The minimum atomic E-state index is -0.165. The monoisotopic (exact) mass is 1500 g/mol. The summed E-state index contributed by atoms with van der Waals surface area (Å²) in [4.78, 5) is 5.25. The molecule has 0 amide bonds. The molecule has 0 radical (unpaired) electrons. The van der Waals surface area contributed by atoms with Gasteiger partial charge in [0.2, 0.25) is 0 Å².